The monoisotopic (exact) mass is 439 g/mol. The van der Waals surface area contributed by atoms with E-state index in [0.717, 1.165) is 30.3 Å². The summed E-state index contributed by atoms with van der Waals surface area (Å²) < 4.78 is 3.47. The molecular formula is C25H30ClN3S. The van der Waals surface area contributed by atoms with Gasteiger partial charge in [0.05, 0.1) is 10.7 Å². The van der Waals surface area contributed by atoms with Gasteiger partial charge in [-0.05, 0) is 85.0 Å². The normalized spacial score (nSPS) is 15.9. The quantitative estimate of drug-likeness (QED) is 0.421. The molecular weight excluding hydrogens is 410 g/mol. The van der Waals surface area contributed by atoms with Crippen LogP contribution in [-0.4, -0.2) is 42.5 Å². The summed E-state index contributed by atoms with van der Waals surface area (Å²) >= 11 is 8.10. The molecule has 0 saturated carbocycles. The summed E-state index contributed by atoms with van der Waals surface area (Å²) in [7, 11) is 0. The highest BCUT2D eigenvalue weighted by Gasteiger charge is 2.15. The van der Waals surface area contributed by atoms with E-state index in [1.807, 2.05) is 6.07 Å². The molecule has 1 aliphatic heterocycles. The Morgan fingerprint density at radius 3 is 2.57 bits per heavy atom. The van der Waals surface area contributed by atoms with Crippen LogP contribution < -0.4 is 4.72 Å². The van der Waals surface area contributed by atoms with Crippen molar-refractivity contribution in [3.63, 3.8) is 0 Å². The average molecular weight is 440 g/mol. The van der Waals surface area contributed by atoms with E-state index in [0.29, 0.717) is 0 Å². The van der Waals surface area contributed by atoms with Gasteiger partial charge in [0.1, 0.15) is 0 Å². The third kappa shape index (κ3) is 5.70. The molecule has 1 heterocycles. The van der Waals surface area contributed by atoms with Crippen LogP contribution in [0, 0.1) is 0 Å². The smallest absolute Gasteiger partial charge is 0.0646 e. The Kier molecular flexibility index (Phi) is 7.56. The number of nitrogens with one attached hydrogen (secondary N) is 1. The first kappa shape index (κ1) is 21.5. The van der Waals surface area contributed by atoms with Gasteiger partial charge in [-0.25, -0.2) is 0 Å². The minimum atomic E-state index is 0.761. The lowest BCUT2D eigenvalue weighted by molar-refractivity contribution is 0.252. The van der Waals surface area contributed by atoms with Gasteiger partial charge in [-0.1, -0.05) is 54.9 Å². The van der Waals surface area contributed by atoms with Crippen LogP contribution in [0.3, 0.4) is 0 Å². The summed E-state index contributed by atoms with van der Waals surface area (Å²) in [6.07, 6.45) is 2.48. The number of rotatable bonds is 7. The molecule has 30 heavy (non-hydrogen) atoms. The third-order valence-corrected chi connectivity index (χ3v) is 6.80. The first-order chi connectivity index (χ1) is 14.7. The van der Waals surface area contributed by atoms with Crippen LogP contribution in [0.25, 0.3) is 10.8 Å². The lowest BCUT2D eigenvalue weighted by Crippen LogP contribution is -2.31. The molecule has 0 spiro atoms. The molecule has 3 aromatic carbocycles. The molecule has 3 nitrogen and oxygen atoms in total. The number of benzene rings is 3. The van der Waals surface area contributed by atoms with Crippen LogP contribution in [0.2, 0.25) is 5.02 Å². The van der Waals surface area contributed by atoms with Crippen molar-refractivity contribution in [1.82, 2.24) is 9.80 Å². The zero-order valence-electron chi connectivity index (χ0n) is 17.6. The Morgan fingerprint density at radius 1 is 0.900 bits per heavy atom. The lowest BCUT2D eigenvalue weighted by atomic mass is 10.1. The van der Waals surface area contributed by atoms with Gasteiger partial charge in [0.15, 0.2) is 0 Å². The molecule has 5 heteroatoms. The van der Waals surface area contributed by atoms with E-state index in [1.165, 1.54) is 53.7 Å². The Labute approximate surface area is 189 Å². The molecule has 1 fully saturated rings. The van der Waals surface area contributed by atoms with Crippen LogP contribution in [0.15, 0.2) is 65.6 Å². The second kappa shape index (κ2) is 10.5. The SMILES string of the molecule is CCCN1CCCN(Cc2ccc(Cl)c(NSc3ccc4ccccc4c3)c2)CC1. The number of anilines is 1. The largest absolute Gasteiger partial charge is 0.324 e. The van der Waals surface area contributed by atoms with E-state index in [-0.39, 0.29) is 0 Å². The zero-order valence-corrected chi connectivity index (χ0v) is 19.2. The molecule has 158 valence electrons. The molecule has 3 aromatic rings. The Hall–Kier alpha value is -1.72. The molecule has 1 aliphatic rings. The van der Waals surface area contributed by atoms with Gasteiger partial charge >= 0.3 is 0 Å². The molecule has 0 aliphatic carbocycles. The fourth-order valence-corrected chi connectivity index (χ4v) is 5.01. The second-order valence-corrected chi connectivity index (χ2v) is 9.29. The number of hydrogen-bond acceptors (Lipinski definition) is 4. The van der Waals surface area contributed by atoms with Crippen LogP contribution in [0.1, 0.15) is 25.3 Å². The van der Waals surface area contributed by atoms with Crippen molar-refractivity contribution >= 4 is 40.0 Å². The minimum absolute atomic E-state index is 0.761. The standard InChI is InChI=1S/C25H30ClN3S/c1-2-12-28-13-5-14-29(16-15-28)19-20-8-11-24(26)25(17-20)27-30-23-10-9-21-6-3-4-7-22(21)18-23/h3-4,6-11,17-18,27H,2,5,12-16,19H2,1H3. The molecule has 0 atom stereocenters. The van der Waals surface area contributed by atoms with Gasteiger partial charge < -0.3 is 9.62 Å². The van der Waals surface area contributed by atoms with Crippen LogP contribution in [-0.2, 0) is 6.54 Å². The number of fused-ring (bicyclic) bond motifs is 1. The lowest BCUT2D eigenvalue weighted by Gasteiger charge is -2.22. The van der Waals surface area contributed by atoms with Crippen molar-refractivity contribution in [2.75, 3.05) is 37.4 Å². The van der Waals surface area contributed by atoms with Crippen molar-refractivity contribution in [3.8, 4) is 0 Å². The molecule has 0 unspecified atom stereocenters. The van der Waals surface area contributed by atoms with Gasteiger partial charge in [-0.3, -0.25) is 4.90 Å². The van der Waals surface area contributed by atoms with E-state index in [9.17, 15) is 0 Å². The van der Waals surface area contributed by atoms with Gasteiger partial charge in [0.25, 0.3) is 0 Å². The van der Waals surface area contributed by atoms with Crippen LogP contribution >= 0.6 is 23.5 Å². The number of nitrogens with zero attached hydrogens (tertiary/aromatic N) is 2. The third-order valence-electron chi connectivity index (χ3n) is 5.66. The summed E-state index contributed by atoms with van der Waals surface area (Å²) in [6.45, 7) is 9.15. The van der Waals surface area contributed by atoms with E-state index in [1.54, 1.807) is 11.9 Å². The Bertz CT molecular complexity index is 978. The first-order valence-electron chi connectivity index (χ1n) is 10.9. The molecule has 4 rings (SSSR count). The van der Waals surface area contributed by atoms with E-state index in [4.69, 9.17) is 11.6 Å². The maximum absolute atomic E-state index is 6.48. The van der Waals surface area contributed by atoms with Crippen molar-refractivity contribution < 1.29 is 0 Å². The molecule has 1 saturated heterocycles. The Balaban J connectivity index is 1.39. The van der Waals surface area contributed by atoms with Gasteiger partial charge in [0.2, 0.25) is 0 Å². The summed E-state index contributed by atoms with van der Waals surface area (Å²) in [5.41, 5.74) is 2.29. The van der Waals surface area contributed by atoms with E-state index >= 15 is 0 Å². The number of hydrogen-bond donors (Lipinski definition) is 1. The maximum Gasteiger partial charge on any atom is 0.0646 e. The summed E-state index contributed by atoms with van der Waals surface area (Å²) in [5.74, 6) is 0. The van der Waals surface area contributed by atoms with Crippen LogP contribution in [0.4, 0.5) is 5.69 Å². The molecule has 0 aromatic heterocycles. The second-order valence-electron chi connectivity index (χ2n) is 8.00. The fourth-order valence-electron chi connectivity index (χ4n) is 4.07. The minimum Gasteiger partial charge on any atom is -0.324 e. The van der Waals surface area contributed by atoms with Crippen molar-refractivity contribution in [3.05, 3.63) is 71.2 Å². The highest BCUT2D eigenvalue weighted by atomic mass is 35.5. The van der Waals surface area contributed by atoms with Gasteiger partial charge in [-0.2, -0.15) is 0 Å². The summed E-state index contributed by atoms with van der Waals surface area (Å²) in [5, 5.41) is 3.27. The average Bonchev–Trinajstić information content (AvgIpc) is 2.99. The topological polar surface area (TPSA) is 18.5 Å². The highest BCUT2D eigenvalue weighted by Crippen LogP contribution is 2.30. The molecule has 0 amide bonds. The predicted molar refractivity (Wildman–Crippen MR) is 132 cm³/mol. The zero-order chi connectivity index (χ0) is 20.8. The highest BCUT2D eigenvalue weighted by molar-refractivity contribution is 8.00. The fraction of sp³-hybridized carbons (Fsp3) is 0.360. The predicted octanol–water partition coefficient (Wildman–Crippen LogP) is 6.53. The summed E-state index contributed by atoms with van der Waals surface area (Å²) in [6, 6.07) is 21.3. The van der Waals surface area contributed by atoms with Crippen LogP contribution in [0.5, 0.6) is 0 Å². The first-order valence-corrected chi connectivity index (χ1v) is 12.1. The van der Waals surface area contributed by atoms with E-state index in [2.05, 4.69) is 76.0 Å². The maximum atomic E-state index is 6.48. The number of halogens is 1. The molecule has 0 radical (unpaired) electrons. The van der Waals surface area contributed by atoms with Crippen molar-refractivity contribution in [1.29, 1.82) is 0 Å². The Morgan fingerprint density at radius 2 is 1.70 bits per heavy atom. The van der Waals surface area contributed by atoms with Gasteiger partial charge in [0, 0.05) is 24.5 Å². The summed E-state index contributed by atoms with van der Waals surface area (Å²) in [4.78, 5) is 6.34. The van der Waals surface area contributed by atoms with Crippen molar-refractivity contribution in [2.45, 2.75) is 31.2 Å². The van der Waals surface area contributed by atoms with Gasteiger partial charge in [-0.15, -0.1) is 0 Å². The van der Waals surface area contributed by atoms with Crippen molar-refractivity contribution in [2.24, 2.45) is 0 Å². The molecule has 1 N–H and O–H groups in total. The molecule has 0 bridgehead atoms. The van der Waals surface area contributed by atoms with E-state index < -0.39 is 0 Å².